The van der Waals surface area contributed by atoms with Gasteiger partial charge in [0.15, 0.2) is 0 Å². The van der Waals surface area contributed by atoms with E-state index in [1.54, 1.807) is 12.1 Å². The molecule has 0 aliphatic carbocycles. The zero-order valence-corrected chi connectivity index (χ0v) is 13.9. The smallest absolute Gasteiger partial charge is 0.123 e. The molecule has 0 aliphatic heterocycles. The average molecular weight is 347 g/mol. The van der Waals surface area contributed by atoms with Crippen molar-refractivity contribution in [2.24, 2.45) is 0 Å². The van der Waals surface area contributed by atoms with Crippen LogP contribution >= 0.6 is 34.8 Å². The van der Waals surface area contributed by atoms with Crippen LogP contribution in [-0.4, -0.2) is 0 Å². The molecular weight excluding hydrogens is 332 g/mol. The third-order valence-corrected chi connectivity index (χ3v) is 4.69. The fourth-order valence-electron chi connectivity index (χ4n) is 2.21. The minimum atomic E-state index is -0.249. The van der Waals surface area contributed by atoms with Crippen molar-refractivity contribution in [1.29, 1.82) is 0 Å². The zero-order valence-electron chi connectivity index (χ0n) is 11.6. The van der Waals surface area contributed by atoms with Gasteiger partial charge < -0.3 is 5.32 Å². The van der Waals surface area contributed by atoms with Gasteiger partial charge in [0.1, 0.15) is 5.82 Å². The minimum Gasteiger partial charge on any atom is -0.304 e. The van der Waals surface area contributed by atoms with Crippen LogP contribution in [0.4, 0.5) is 4.39 Å². The summed E-state index contributed by atoms with van der Waals surface area (Å²) >= 11 is 18.2. The molecule has 5 heteroatoms. The summed E-state index contributed by atoms with van der Waals surface area (Å²) in [4.78, 5) is 0. The summed E-state index contributed by atoms with van der Waals surface area (Å²) in [5, 5.41) is 4.59. The number of halogens is 4. The lowest BCUT2D eigenvalue weighted by molar-refractivity contribution is 0.492. The number of hydrogen-bond acceptors (Lipinski definition) is 1. The molecule has 0 aromatic heterocycles. The van der Waals surface area contributed by atoms with Crippen molar-refractivity contribution in [1.82, 2.24) is 5.32 Å². The second kappa shape index (κ2) is 6.97. The van der Waals surface area contributed by atoms with Gasteiger partial charge in [0, 0.05) is 12.1 Å². The van der Waals surface area contributed by atoms with Crippen LogP contribution in [0.2, 0.25) is 15.1 Å². The van der Waals surface area contributed by atoms with Crippen LogP contribution in [0.25, 0.3) is 0 Å². The monoisotopic (exact) mass is 345 g/mol. The first-order valence-electron chi connectivity index (χ1n) is 6.55. The zero-order chi connectivity index (χ0) is 15.6. The Bertz CT molecular complexity index is 645. The van der Waals surface area contributed by atoms with Crippen LogP contribution in [0.15, 0.2) is 36.4 Å². The molecule has 1 unspecified atom stereocenters. The molecule has 2 aromatic rings. The molecule has 1 nitrogen and oxygen atoms in total. The Hall–Kier alpha value is -0.800. The Morgan fingerprint density at radius 3 is 2.33 bits per heavy atom. The highest BCUT2D eigenvalue weighted by molar-refractivity contribution is 6.48. The van der Waals surface area contributed by atoms with Crippen LogP contribution in [0.5, 0.6) is 0 Å². The van der Waals surface area contributed by atoms with Crippen LogP contribution < -0.4 is 5.32 Å². The van der Waals surface area contributed by atoms with Gasteiger partial charge in [0.25, 0.3) is 0 Å². The Balaban J connectivity index is 2.18. The molecule has 0 aliphatic rings. The van der Waals surface area contributed by atoms with Gasteiger partial charge in [-0.1, -0.05) is 53.0 Å². The molecule has 112 valence electrons. The Labute approximate surface area is 139 Å². The molecule has 0 saturated heterocycles. The molecule has 2 atom stereocenters. The molecule has 0 bridgehead atoms. The van der Waals surface area contributed by atoms with Gasteiger partial charge in [-0.15, -0.1) is 0 Å². The molecule has 0 radical (unpaired) electrons. The molecule has 21 heavy (non-hydrogen) atoms. The molecule has 0 heterocycles. The van der Waals surface area contributed by atoms with Gasteiger partial charge in [-0.25, -0.2) is 4.39 Å². The van der Waals surface area contributed by atoms with Crippen molar-refractivity contribution in [3.05, 3.63) is 68.4 Å². The quantitative estimate of drug-likeness (QED) is 0.650. The lowest BCUT2D eigenvalue weighted by Gasteiger charge is -2.22. The highest BCUT2D eigenvalue weighted by atomic mass is 35.5. The summed E-state index contributed by atoms with van der Waals surface area (Å²) in [7, 11) is 0. The Morgan fingerprint density at radius 2 is 1.67 bits per heavy atom. The fraction of sp³-hybridized carbons (Fsp3) is 0.250. The molecular formula is C16H15Cl3FN. The second-order valence-corrected chi connectivity index (χ2v) is 6.09. The molecule has 1 N–H and O–H groups in total. The van der Waals surface area contributed by atoms with E-state index in [1.165, 1.54) is 12.1 Å². The maximum Gasteiger partial charge on any atom is 0.123 e. The van der Waals surface area contributed by atoms with E-state index in [0.717, 1.165) is 11.1 Å². The highest BCUT2D eigenvalue weighted by Gasteiger charge is 2.17. The van der Waals surface area contributed by atoms with E-state index in [-0.39, 0.29) is 17.9 Å². The maximum absolute atomic E-state index is 13.3. The Kier molecular flexibility index (Phi) is 5.50. The maximum atomic E-state index is 13.3. The van der Waals surface area contributed by atoms with Crippen molar-refractivity contribution < 1.29 is 4.39 Å². The first kappa shape index (κ1) is 16.6. The number of nitrogens with one attached hydrogen (secondary N) is 1. The van der Waals surface area contributed by atoms with Crippen LogP contribution in [0, 0.1) is 5.82 Å². The summed E-state index contributed by atoms with van der Waals surface area (Å²) < 4.78 is 13.3. The minimum absolute atomic E-state index is 0.0266. The molecule has 0 fully saturated rings. The second-order valence-electron chi connectivity index (χ2n) is 4.93. The molecule has 2 aromatic carbocycles. The number of benzene rings is 2. The van der Waals surface area contributed by atoms with Crippen LogP contribution in [0.3, 0.4) is 0 Å². The predicted octanol–water partition coefficient (Wildman–Crippen LogP) is 6.20. The van der Waals surface area contributed by atoms with E-state index in [4.69, 9.17) is 34.8 Å². The summed E-state index contributed by atoms with van der Waals surface area (Å²) in [6, 6.07) is 9.99. The first-order chi connectivity index (χ1) is 9.90. The molecule has 0 spiro atoms. The molecule has 2 rings (SSSR count). The van der Waals surface area contributed by atoms with E-state index in [1.807, 2.05) is 26.0 Å². The predicted molar refractivity (Wildman–Crippen MR) is 87.8 cm³/mol. The van der Waals surface area contributed by atoms with Crippen LogP contribution in [-0.2, 0) is 0 Å². The standard InChI is InChI=1S/C16H15Cl3FN/c1-9(11-4-3-5-12(20)8-11)21-10(2)13-6-7-14(17)16(19)15(13)18/h3-10,21H,1-2H3/t9-,10?/m0/s1. The largest absolute Gasteiger partial charge is 0.304 e. The van der Waals surface area contributed by atoms with Crippen molar-refractivity contribution >= 4 is 34.8 Å². The van der Waals surface area contributed by atoms with Crippen molar-refractivity contribution in [3.8, 4) is 0 Å². The Morgan fingerprint density at radius 1 is 0.952 bits per heavy atom. The van der Waals surface area contributed by atoms with Crippen molar-refractivity contribution in [2.45, 2.75) is 25.9 Å². The van der Waals surface area contributed by atoms with Crippen molar-refractivity contribution in [3.63, 3.8) is 0 Å². The van der Waals surface area contributed by atoms with Crippen molar-refractivity contribution in [2.75, 3.05) is 0 Å². The number of hydrogen-bond donors (Lipinski definition) is 1. The van der Waals surface area contributed by atoms with E-state index in [2.05, 4.69) is 5.32 Å². The lowest BCUT2D eigenvalue weighted by atomic mass is 10.0. The summed E-state index contributed by atoms with van der Waals surface area (Å²) in [5.41, 5.74) is 1.73. The summed E-state index contributed by atoms with van der Waals surface area (Å²) in [6.07, 6.45) is 0. The molecule has 0 amide bonds. The van der Waals surface area contributed by atoms with E-state index in [0.29, 0.717) is 15.1 Å². The SMILES string of the molecule is CC(N[C@@H](C)c1cccc(F)c1)c1ccc(Cl)c(Cl)c1Cl. The van der Waals surface area contributed by atoms with E-state index >= 15 is 0 Å². The topological polar surface area (TPSA) is 12.0 Å². The van der Waals surface area contributed by atoms with Gasteiger partial charge in [0.2, 0.25) is 0 Å². The van der Waals surface area contributed by atoms with Gasteiger partial charge in [-0.3, -0.25) is 0 Å². The first-order valence-corrected chi connectivity index (χ1v) is 7.68. The summed E-state index contributed by atoms with van der Waals surface area (Å²) in [5.74, 6) is -0.249. The van der Waals surface area contributed by atoms with Gasteiger partial charge in [-0.2, -0.15) is 0 Å². The van der Waals surface area contributed by atoms with Crippen LogP contribution in [0.1, 0.15) is 37.1 Å². The fourth-order valence-corrected chi connectivity index (χ4v) is 2.92. The van der Waals surface area contributed by atoms with E-state index < -0.39 is 0 Å². The highest BCUT2D eigenvalue weighted by Crippen LogP contribution is 2.36. The summed E-state index contributed by atoms with van der Waals surface area (Å²) in [6.45, 7) is 3.94. The van der Waals surface area contributed by atoms with E-state index in [9.17, 15) is 4.39 Å². The normalized spacial score (nSPS) is 14.0. The lowest BCUT2D eigenvalue weighted by Crippen LogP contribution is -2.22. The average Bonchev–Trinajstić information content (AvgIpc) is 2.44. The number of rotatable bonds is 4. The van der Waals surface area contributed by atoms with Gasteiger partial charge >= 0.3 is 0 Å². The van der Waals surface area contributed by atoms with Gasteiger partial charge in [-0.05, 0) is 43.2 Å². The molecule has 0 saturated carbocycles. The third-order valence-electron chi connectivity index (χ3n) is 3.38. The third kappa shape index (κ3) is 3.89. The van der Waals surface area contributed by atoms with Gasteiger partial charge in [0.05, 0.1) is 15.1 Å².